The topological polar surface area (TPSA) is 140 Å². The maximum Gasteiger partial charge on any atom is 0.419 e. The smallest absolute Gasteiger partial charge is 0.369 e. The van der Waals surface area contributed by atoms with Crippen molar-refractivity contribution in [1.82, 2.24) is 5.59 Å². The molecule has 0 aromatic heterocycles. The van der Waals surface area contributed by atoms with E-state index in [0.29, 0.717) is 0 Å². The average molecular weight is 170 g/mol. The highest BCUT2D eigenvalue weighted by Crippen LogP contribution is 1.77. The lowest BCUT2D eigenvalue weighted by Crippen LogP contribution is -2.27. The molecule has 0 heterocycles. The quantitative estimate of drug-likeness (QED) is 0.159. The predicted molar refractivity (Wildman–Crippen MR) is 31.6 cm³/mol. The number of nitrogens with two attached hydrogens (primary N) is 2. The van der Waals surface area contributed by atoms with Crippen LogP contribution < -0.4 is 17.1 Å². The van der Waals surface area contributed by atoms with Gasteiger partial charge in [-0.1, -0.05) is 0 Å². The van der Waals surface area contributed by atoms with Crippen molar-refractivity contribution in [2.24, 2.45) is 16.6 Å². The molecule has 6 N–H and O–H groups in total. The Bertz CT molecular complexity index is 213. The summed E-state index contributed by atoms with van der Waals surface area (Å²) in [7, 11) is -4.55. The van der Waals surface area contributed by atoms with Gasteiger partial charge in [-0.05, 0) is 0 Å². The molecule has 10 heavy (non-hydrogen) atoms. The third-order valence-corrected chi connectivity index (χ3v) is 0.602. The minimum absolute atomic E-state index is 0.427. The molecule has 8 nitrogen and oxygen atoms in total. The van der Waals surface area contributed by atoms with Gasteiger partial charge in [0.05, 0.1) is 0 Å². The molecule has 0 rings (SSSR count). The van der Waals surface area contributed by atoms with Gasteiger partial charge in [0.2, 0.25) is 5.96 Å². The Morgan fingerprint density at radius 2 is 2.10 bits per heavy atom. The second-order valence-corrected chi connectivity index (χ2v) is 2.16. The van der Waals surface area contributed by atoms with Crippen LogP contribution in [0.5, 0.6) is 0 Å². The largest absolute Gasteiger partial charge is 0.419 e. The molecule has 0 amide bonds. The van der Waals surface area contributed by atoms with E-state index in [4.69, 9.17) is 16.0 Å². The van der Waals surface area contributed by atoms with Crippen molar-refractivity contribution in [3.05, 3.63) is 0 Å². The van der Waals surface area contributed by atoms with E-state index in [1.165, 1.54) is 5.59 Å². The highest BCUT2D eigenvalue weighted by Gasteiger charge is 2.01. The number of hydrogen-bond donors (Lipinski definition) is 4. The van der Waals surface area contributed by atoms with E-state index in [1.807, 2.05) is 0 Å². The van der Waals surface area contributed by atoms with Crippen LogP contribution >= 0.6 is 0 Å². The van der Waals surface area contributed by atoms with E-state index in [-0.39, 0.29) is 0 Å². The summed E-state index contributed by atoms with van der Waals surface area (Å²) in [5, 5.41) is 2.87. The molecule has 0 spiro atoms. The summed E-state index contributed by atoms with van der Waals surface area (Å²) in [6.07, 6.45) is 0. The fourth-order valence-corrected chi connectivity index (χ4v) is 0.250. The zero-order valence-electron chi connectivity index (χ0n) is 4.68. The van der Waals surface area contributed by atoms with Crippen molar-refractivity contribution < 1.29 is 17.3 Å². The second kappa shape index (κ2) is 3.20. The Labute approximate surface area is 56.7 Å². The van der Waals surface area contributed by atoms with E-state index in [0.717, 1.165) is 0 Å². The zero-order valence-corrected chi connectivity index (χ0v) is 5.50. The molecule has 0 fully saturated rings. The SMILES string of the molecule is NC(N)=NNOS(=O)(=O)O. The summed E-state index contributed by atoms with van der Waals surface area (Å²) >= 11 is 0. The molecule has 9 heteroatoms. The first-order valence-electron chi connectivity index (χ1n) is 1.91. The van der Waals surface area contributed by atoms with Crippen LogP contribution in [-0.2, 0) is 14.7 Å². The van der Waals surface area contributed by atoms with Gasteiger partial charge in [0.25, 0.3) is 0 Å². The van der Waals surface area contributed by atoms with Gasteiger partial charge in [-0.2, -0.15) is 14.0 Å². The van der Waals surface area contributed by atoms with Crippen LogP contribution in [0.1, 0.15) is 0 Å². The molecule has 0 aromatic carbocycles. The second-order valence-electron chi connectivity index (χ2n) is 1.14. The molecule has 0 atom stereocenters. The van der Waals surface area contributed by atoms with Crippen LogP contribution in [0.4, 0.5) is 0 Å². The molecule has 60 valence electrons. The number of rotatable bonds is 3. The van der Waals surface area contributed by atoms with Gasteiger partial charge in [0.15, 0.2) is 0 Å². The first-order chi connectivity index (χ1) is 4.42. The lowest BCUT2D eigenvalue weighted by Gasteiger charge is -1.94. The lowest BCUT2D eigenvalue weighted by atomic mass is 11.1. The molecule has 0 saturated heterocycles. The Hall–Kier alpha value is -1.06. The highest BCUT2D eigenvalue weighted by molar-refractivity contribution is 7.80. The summed E-state index contributed by atoms with van der Waals surface area (Å²) in [5.74, 6) is -0.427. The van der Waals surface area contributed by atoms with Crippen LogP contribution in [0.2, 0.25) is 0 Å². The van der Waals surface area contributed by atoms with Crippen LogP contribution in [0, 0.1) is 0 Å². The van der Waals surface area contributed by atoms with Crippen LogP contribution in [0.15, 0.2) is 5.10 Å². The zero-order chi connectivity index (χ0) is 8.20. The van der Waals surface area contributed by atoms with Gasteiger partial charge in [-0.25, -0.2) is 0 Å². The van der Waals surface area contributed by atoms with Crippen molar-refractivity contribution >= 4 is 16.4 Å². The van der Waals surface area contributed by atoms with E-state index in [9.17, 15) is 8.42 Å². The average Bonchev–Trinajstić information content (AvgIpc) is 1.59. The highest BCUT2D eigenvalue weighted by atomic mass is 32.3. The monoisotopic (exact) mass is 170 g/mol. The van der Waals surface area contributed by atoms with Crippen molar-refractivity contribution in [2.75, 3.05) is 0 Å². The predicted octanol–water partition coefficient (Wildman–Crippen LogP) is -2.50. The minimum atomic E-state index is -4.55. The molecule has 0 radical (unpaired) electrons. The number of guanidine groups is 1. The number of nitrogens with one attached hydrogen (secondary N) is 1. The first-order valence-corrected chi connectivity index (χ1v) is 3.28. The molecule has 0 aliphatic carbocycles. The molecule has 0 unspecified atom stereocenters. The molecule has 0 aliphatic heterocycles. The fraction of sp³-hybridized carbons (Fsp3) is 0. The van der Waals surface area contributed by atoms with Crippen LogP contribution in [0.3, 0.4) is 0 Å². The minimum Gasteiger partial charge on any atom is -0.369 e. The van der Waals surface area contributed by atoms with Gasteiger partial charge in [0, 0.05) is 0 Å². The summed E-state index contributed by atoms with van der Waals surface area (Å²) in [4.78, 5) is 0. The first kappa shape index (κ1) is 8.94. The van der Waals surface area contributed by atoms with Gasteiger partial charge < -0.3 is 11.5 Å². The van der Waals surface area contributed by atoms with E-state index >= 15 is 0 Å². The maximum absolute atomic E-state index is 9.73. The summed E-state index contributed by atoms with van der Waals surface area (Å²) in [5.41, 5.74) is 10.9. The van der Waals surface area contributed by atoms with E-state index in [1.54, 1.807) is 0 Å². The van der Waals surface area contributed by atoms with Crippen molar-refractivity contribution in [3.63, 3.8) is 0 Å². The van der Waals surface area contributed by atoms with Crippen molar-refractivity contribution in [2.45, 2.75) is 0 Å². The summed E-state index contributed by atoms with van der Waals surface area (Å²) < 4.78 is 30.8. The van der Waals surface area contributed by atoms with Crippen LogP contribution in [-0.4, -0.2) is 18.9 Å². The van der Waals surface area contributed by atoms with Gasteiger partial charge in [0.1, 0.15) is 0 Å². The Morgan fingerprint density at radius 3 is 2.40 bits per heavy atom. The Morgan fingerprint density at radius 1 is 1.60 bits per heavy atom. The number of hydrogen-bond acceptors (Lipinski definition) is 5. The molecule has 0 saturated carbocycles. The summed E-state index contributed by atoms with van der Waals surface area (Å²) in [6, 6.07) is 0. The fourth-order valence-electron chi connectivity index (χ4n) is 0.118. The van der Waals surface area contributed by atoms with Crippen molar-refractivity contribution in [1.29, 1.82) is 0 Å². The Kier molecular flexibility index (Phi) is 2.86. The van der Waals surface area contributed by atoms with E-state index in [2.05, 4.69) is 9.39 Å². The standard InChI is InChI=1S/CH6N4O4S/c2-1(3)4-5-9-10(6,7)8/h5H,(H4,2,3,4)(H,6,7,8). The summed E-state index contributed by atoms with van der Waals surface area (Å²) in [6.45, 7) is 0. The number of hydrazone groups is 1. The van der Waals surface area contributed by atoms with Gasteiger partial charge in [-0.3, -0.25) is 4.55 Å². The van der Waals surface area contributed by atoms with Gasteiger partial charge >= 0.3 is 10.4 Å². The molecule has 0 aromatic rings. The van der Waals surface area contributed by atoms with Crippen molar-refractivity contribution in [3.8, 4) is 0 Å². The van der Waals surface area contributed by atoms with Crippen LogP contribution in [0.25, 0.3) is 0 Å². The maximum atomic E-state index is 9.73. The number of nitrogens with zero attached hydrogens (tertiary/aromatic N) is 1. The molecule has 0 aliphatic rings. The molecular formula is CH6N4O4S. The third-order valence-electron chi connectivity index (χ3n) is 0.317. The normalized spacial score (nSPS) is 10.5. The third kappa shape index (κ3) is 6.94. The van der Waals surface area contributed by atoms with Gasteiger partial charge in [-0.15, -0.1) is 9.39 Å². The molecular weight excluding hydrogens is 164 g/mol. The lowest BCUT2D eigenvalue weighted by molar-refractivity contribution is 0.179. The van der Waals surface area contributed by atoms with E-state index < -0.39 is 16.4 Å². The Balaban J connectivity index is 3.69. The molecule has 0 bridgehead atoms.